The van der Waals surface area contributed by atoms with E-state index in [4.69, 9.17) is 9.47 Å². The summed E-state index contributed by atoms with van der Waals surface area (Å²) in [6.45, 7) is 6.12. The van der Waals surface area contributed by atoms with Crippen molar-refractivity contribution in [1.82, 2.24) is 14.7 Å². The Hall–Kier alpha value is -2.12. The lowest BCUT2D eigenvalue weighted by molar-refractivity contribution is -0.139. The van der Waals surface area contributed by atoms with E-state index in [9.17, 15) is 9.59 Å². The molecule has 1 aromatic rings. The molecule has 2 bridgehead atoms. The number of fused-ring (bicyclic) bond motifs is 3. The van der Waals surface area contributed by atoms with Gasteiger partial charge in [0.05, 0.1) is 26.4 Å². The fourth-order valence-corrected chi connectivity index (χ4v) is 6.45. The van der Waals surface area contributed by atoms with Crippen LogP contribution in [-0.2, 0) is 20.9 Å². The number of para-hydroxylation sites is 1. The molecule has 0 aromatic heterocycles. The SMILES string of the molecule is O=C(C[C@@H]1CCN2C[C@@H]1CCCOc1ccccc1CN(C1CCCC1)CC2=O)N1CCOCC1. The molecule has 0 unspecified atom stereocenters. The summed E-state index contributed by atoms with van der Waals surface area (Å²) in [4.78, 5) is 33.0. The van der Waals surface area contributed by atoms with Crippen molar-refractivity contribution in [2.45, 2.75) is 64.0 Å². The first kappa shape index (κ1) is 24.6. The first-order valence-corrected chi connectivity index (χ1v) is 13.8. The van der Waals surface area contributed by atoms with Crippen LogP contribution >= 0.6 is 0 Å². The number of piperidine rings is 1. The maximum absolute atomic E-state index is 13.5. The van der Waals surface area contributed by atoms with Gasteiger partial charge in [0.25, 0.3) is 0 Å². The quantitative estimate of drug-likeness (QED) is 0.660. The maximum Gasteiger partial charge on any atom is 0.236 e. The highest BCUT2D eigenvalue weighted by molar-refractivity contribution is 5.79. The molecule has 4 aliphatic rings. The third kappa shape index (κ3) is 6.18. The molecule has 3 aliphatic heterocycles. The Morgan fingerprint density at radius 1 is 0.914 bits per heavy atom. The first-order valence-electron chi connectivity index (χ1n) is 13.8. The summed E-state index contributed by atoms with van der Waals surface area (Å²) >= 11 is 0. The average molecular weight is 484 g/mol. The van der Waals surface area contributed by atoms with E-state index in [1.807, 2.05) is 11.0 Å². The van der Waals surface area contributed by atoms with Crippen molar-refractivity contribution < 1.29 is 19.1 Å². The van der Waals surface area contributed by atoms with Gasteiger partial charge in [0.15, 0.2) is 0 Å². The molecule has 7 nitrogen and oxygen atoms in total. The summed E-state index contributed by atoms with van der Waals surface area (Å²) < 4.78 is 11.7. The summed E-state index contributed by atoms with van der Waals surface area (Å²) in [7, 11) is 0. The number of carbonyl (C=O) groups excluding carboxylic acids is 2. The second kappa shape index (κ2) is 11.7. The van der Waals surface area contributed by atoms with E-state index in [1.54, 1.807) is 0 Å². The number of benzene rings is 1. The third-order valence-corrected chi connectivity index (χ3v) is 8.55. The van der Waals surface area contributed by atoms with Crippen molar-refractivity contribution in [2.24, 2.45) is 11.8 Å². The van der Waals surface area contributed by atoms with E-state index in [-0.39, 0.29) is 11.8 Å². The molecule has 1 aromatic carbocycles. The van der Waals surface area contributed by atoms with Crippen molar-refractivity contribution >= 4 is 11.8 Å². The van der Waals surface area contributed by atoms with E-state index >= 15 is 0 Å². The molecule has 1 saturated carbocycles. The van der Waals surface area contributed by atoms with Gasteiger partial charge >= 0.3 is 0 Å². The Balaban J connectivity index is 1.31. The monoisotopic (exact) mass is 483 g/mol. The molecule has 2 saturated heterocycles. The largest absolute Gasteiger partial charge is 0.493 e. The molecule has 1 aliphatic carbocycles. The third-order valence-electron chi connectivity index (χ3n) is 8.55. The lowest BCUT2D eigenvalue weighted by Gasteiger charge is -2.40. The second-order valence-corrected chi connectivity index (χ2v) is 10.8. The van der Waals surface area contributed by atoms with Gasteiger partial charge in [0.2, 0.25) is 11.8 Å². The van der Waals surface area contributed by atoms with Gasteiger partial charge in [-0.1, -0.05) is 31.0 Å². The highest BCUT2D eigenvalue weighted by Gasteiger charge is 2.35. The van der Waals surface area contributed by atoms with Gasteiger partial charge in [-0.3, -0.25) is 14.5 Å². The van der Waals surface area contributed by atoms with Gasteiger partial charge in [0.1, 0.15) is 5.75 Å². The number of rotatable bonds is 3. The minimum absolute atomic E-state index is 0.248. The Morgan fingerprint density at radius 3 is 2.54 bits per heavy atom. The van der Waals surface area contributed by atoms with Crippen molar-refractivity contribution in [1.29, 1.82) is 0 Å². The van der Waals surface area contributed by atoms with Gasteiger partial charge in [-0.15, -0.1) is 0 Å². The van der Waals surface area contributed by atoms with Gasteiger partial charge in [-0.2, -0.15) is 0 Å². The number of ether oxygens (including phenoxy) is 2. The predicted octanol–water partition coefficient (Wildman–Crippen LogP) is 3.32. The zero-order valence-electron chi connectivity index (χ0n) is 21.0. The number of amides is 2. The number of hydrogen-bond donors (Lipinski definition) is 0. The van der Waals surface area contributed by atoms with Crippen molar-refractivity contribution in [3.63, 3.8) is 0 Å². The van der Waals surface area contributed by atoms with Gasteiger partial charge in [-0.25, -0.2) is 0 Å². The Bertz CT molecular complexity index is 866. The van der Waals surface area contributed by atoms with Crippen LogP contribution in [0.4, 0.5) is 0 Å². The fourth-order valence-electron chi connectivity index (χ4n) is 6.45. The maximum atomic E-state index is 13.5. The number of hydrogen-bond acceptors (Lipinski definition) is 5. The molecule has 3 fully saturated rings. The molecule has 0 N–H and O–H groups in total. The van der Waals surface area contributed by atoms with Crippen LogP contribution in [0.25, 0.3) is 0 Å². The van der Waals surface area contributed by atoms with Crippen LogP contribution in [0.2, 0.25) is 0 Å². The highest BCUT2D eigenvalue weighted by Crippen LogP contribution is 2.33. The lowest BCUT2D eigenvalue weighted by Crippen LogP contribution is -2.50. The molecular weight excluding hydrogens is 442 g/mol. The smallest absolute Gasteiger partial charge is 0.236 e. The summed E-state index contributed by atoms with van der Waals surface area (Å²) in [5.41, 5.74) is 1.18. The molecular formula is C28H41N3O4. The average Bonchev–Trinajstić information content (AvgIpc) is 3.43. The Morgan fingerprint density at radius 2 is 1.71 bits per heavy atom. The van der Waals surface area contributed by atoms with Gasteiger partial charge < -0.3 is 19.3 Å². The normalized spacial score (nSPS) is 27.4. The predicted molar refractivity (Wildman–Crippen MR) is 134 cm³/mol. The van der Waals surface area contributed by atoms with E-state index in [2.05, 4.69) is 28.0 Å². The molecule has 2 amide bonds. The molecule has 192 valence electrons. The molecule has 0 radical (unpaired) electrons. The standard InChI is InChI=1S/C28H41N3O4/c32-27(29-13-16-34-17-14-29)18-22-11-12-30-19-23(22)7-5-15-35-26-10-4-1-6-24(26)20-31(21-28(30)33)25-8-2-3-9-25/h1,4,6,10,22-23,25H,2-3,5,7-9,11-21H2/t22-,23-/m0/s1. The van der Waals surface area contributed by atoms with Crippen LogP contribution in [0.15, 0.2) is 24.3 Å². The van der Waals surface area contributed by atoms with E-state index in [0.717, 1.165) is 44.6 Å². The van der Waals surface area contributed by atoms with Crippen LogP contribution in [-0.4, -0.2) is 85.1 Å². The van der Waals surface area contributed by atoms with Crippen LogP contribution in [0.1, 0.15) is 56.9 Å². The zero-order valence-corrected chi connectivity index (χ0v) is 21.0. The molecule has 5 rings (SSSR count). The number of morpholine rings is 1. The summed E-state index contributed by atoms with van der Waals surface area (Å²) in [5.74, 6) is 2.12. The van der Waals surface area contributed by atoms with Crippen molar-refractivity contribution in [2.75, 3.05) is 52.5 Å². The minimum Gasteiger partial charge on any atom is -0.493 e. The molecule has 35 heavy (non-hydrogen) atoms. The highest BCUT2D eigenvalue weighted by atomic mass is 16.5. The van der Waals surface area contributed by atoms with Crippen LogP contribution < -0.4 is 4.74 Å². The fraction of sp³-hybridized carbons (Fsp3) is 0.714. The van der Waals surface area contributed by atoms with Gasteiger partial charge in [0, 0.05) is 50.7 Å². The first-order chi connectivity index (χ1) is 17.2. The van der Waals surface area contributed by atoms with Crippen LogP contribution in [0.3, 0.4) is 0 Å². The number of nitrogens with zero attached hydrogens (tertiary/aromatic N) is 3. The summed E-state index contributed by atoms with van der Waals surface area (Å²) in [5, 5.41) is 0. The zero-order chi connectivity index (χ0) is 24.0. The molecule has 2 atom stereocenters. The summed E-state index contributed by atoms with van der Waals surface area (Å²) in [6.07, 6.45) is 8.27. The molecule has 0 spiro atoms. The number of carbonyl (C=O) groups is 2. The summed E-state index contributed by atoms with van der Waals surface area (Å²) in [6, 6.07) is 8.79. The van der Waals surface area contributed by atoms with E-state index < -0.39 is 0 Å². The van der Waals surface area contributed by atoms with E-state index in [1.165, 1.54) is 31.2 Å². The van der Waals surface area contributed by atoms with Crippen LogP contribution in [0, 0.1) is 11.8 Å². The Labute approximate surface area is 209 Å². The van der Waals surface area contributed by atoms with Gasteiger partial charge in [-0.05, 0) is 50.0 Å². The van der Waals surface area contributed by atoms with Crippen molar-refractivity contribution in [3.8, 4) is 5.75 Å². The lowest BCUT2D eigenvalue weighted by atomic mass is 9.80. The van der Waals surface area contributed by atoms with E-state index in [0.29, 0.717) is 63.8 Å². The topological polar surface area (TPSA) is 62.3 Å². The van der Waals surface area contributed by atoms with Crippen molar-refractivity contribution in [3.05, 3.63) is 29.8 Å². The molecule has 3 heterocycles. The Kier molecular flexibility index (Phi) is 8.24. The van der Waals surface area contributed by atoms with Crippen LogP contribution in [0.5, 0.6) is 5.75 Å². The molecule has 7 heteroatoms. The minimum atomic E-state index is 0.248. The second-order valence-electron chi connectivity index (χ2n) is 10.8.